The van der Waals surface area contributed by atoms with Gasteiger partial charge in [0.1, 0.15) is 5.75 Å². The molecular formula is C18H27NO2. The maximum Gasteiger partial charge on any atom is 0.220 e. The van der Waals surface area contributed by atoms with E-state index < -0.39 is 0 Å². The first-order valence-corrected chi connectivity index (χ1v) is 8.02. The molecule has 1 saturated carbocycles. The van der Waals surface area contributed by atoms with Gasteiger partial charge in [0.25, 0.3) is 0 Å². The molecule has 3 unspecified atom stereocenters. The Morgan fingerprint density at radius 2 is 1.95 bits per heavy atom. The third-order valence-electron chi connectivity index (χ3n) is 4.85. The second-order valence-electron chi connectivity index (χ2n) is 6.29. The van der Waals surface area contributed by atoms with Crippen molar-refractivity contribution >= 4 is 5.91 Å². The average Bonchev–Trinajstić information content (AvgIpc) is 2.50. The number of aryl methyl sites for hydroxylation is 1. The summed E-state index contributed by atoms with van der Waals surface area (Å²) in [7, 11) is 1.66. The van der Waals surface area contributed by atoms with Crippen LogP contribution in [0.5, 0.6) is 5.75 Å². The van der Waals surface area contributed by atoms with Crippen molar-refractivity contribution in [3.63, 3.8) is 0 Å². The Balaban J connectivity index is 1.78. The van der Waals surface area contributed by atoms with Crippen molar-refractivity contribution in [2.75, 3.05) is 7.11 Å². The van der Waals surface area contributed by atoms with Crippen molar-refractivity contribution in [1.29, 1.82) is 0 Å². The molecule has 3 heteroatoms. The largest absolute Gasteiger partial charge is 0.497 e. The van der Waals surface area contributed by atoms with Gasteiger partial charge >= 0.3 is 0 Å². The van der Waals surface area contributed by atoms with Crippen LogP contribution in [0, 0.1) is 11.8 Å². The number of amides is 1. The molecule has 0 heterocycles. The Kier molecular flexibility index (Phi) is 5.66. The molecule has 0 aromatic heterocycles. The lowest BCUT2D eigenvalue weighted by atomic mass is 9.78. The fourth-order valence-electron chi connectivity index (χ4n) is 3.11. The zero-order valence-corrected chi connectivity index (χ0v) is 13.4. The zero-order valence-electron chi connectivity index (χ0n) is 13.4. The number of methoxy groups -OCH3 is 1. The first kappa shape index (κ1) is 15.9. The highest BCUT2D eigenvalue weighted by Gasteiger charge is 2.27. The minimum absolute atomic E-state index is 0.178. The number of carbonyl (C=O) groups excluding carboxylic acids is 1. The Labute approximate surface area is 128 Å². The molecule has 21 heavy (non-hydrogen) atoms. The van der Waals surface area contributed by atoms with Gasteiger partial charge in [0.05, 0.1) is 7.11 Å². The van der Waals surface area contributed by atoms with Crippen LogP contribution < -0.4 is 10.1 Å². The molecule has 1 amide bonds. The summed E-state index contributed by atoms with van der Waals surface area (Å²) in [5.41, 5.74) is 1.18. The van der Waals surface area contributed by atoms with Gasteiger partial charge in [0.15, 0.2) is 0 Å². The van der Waals surface area contributed by atoms with E-state index in [0.717, 1.165) is 18.6 Å². The van der Waals surface area contributed by atoms with Crippen molar-refractivity contribution in [3.8, 4) is 5.75 Å². The quantitative estimate of drug-likeness (QED) is 0.900. The van der Waals surface area contributed by atoms with Crippen LogP contribution in [0.3, 0.4) is 0 Å². The van der Waals surface area contributed by atoms with Gasteiger partial charge in [0, 0.05) is 12.5 Å². The van der Waals surface area contributed by atoms with Gasteiger partial charge in [-0.2, -0.15) is 0 Å². The molecule has 1 aromatic rings. The van der Waals surface area contributed by atoms with Gasteiger partial charge in [-0.1, -0.05) is 38.8 Å². The predicted molar refractivity (Wildman–Crippen MR) is 85.4 cm³/mol. The molecule has 0 bridgehead atoms. The molecule has 116 valence electrons. The molecule has 1 fully saturated rings. The summed E-state index contributed by atoms with van der Waals surface area (Å²) < 4.78 is 5.14. The van der Waals surface area contributed by atoms with Gasteiger partial charge in [-0.05, 0) is 42.4 Å². The first-order valence-electron chi connectivity index (χ1n) is 8.02. The van der Waals surface area contributed by atoms with Gasteiger partial charge in [-0.25, -0.2) is 0 Å². The summed E-state index contributed by atoms with van der Waals surface area (Å²) in [6.07, 6.45) is 4.99. The van der Waals surface area contributed by atoms with E-state index in [0.29, 0.717) is 24.3 Å². The molecule has 2 rings (SSSR count). The Hall–Kier alpha value is -1.51. The molecule has 0 aliphatic heterocycles. The normalized spacial score (nSPS) is 25.4. The highest BCUT2D eigenvalue weighted by atomic mass is 16.5. The number of ether oxygens (including phenoxy) is 1. The van der Waals surface area contributed by atoms with E-state index in [1.807, 2.05) is 24.3 Å². The molecule has 3 atom stereocenters. The lowest BCUT2D eigenvalue weighted by Crippen LogP contribution is -2.43. The predicted octanol–water partition coefficient (Wildman–Crippen LogP) is 3.57. The molecule has 1 aliphatic rings. The molecular weight excluding hydrogens is 262 g/mol. The SMILES string of the molecule is COc1ccc(CCC(=O)NC2CCCC(C)C2C)cc1. The highest BCUT2D eigenvalue weighted by Crippen LogP contribution is 2.29. The van der Waals surface area contributed by atoms with E-state index in [1.54, 1.807) is 7.11 Å². The van der Waals surface area contributed by atoms with Crippen LogP contribution in [0.15, 0.2) is 24.3 Å². The molecule has 0 spiro atoms. The molecule has 1 aliphatic carbocycles. The number of rotatable bonds is 5. The second-order valence-corrected chi connectivity index (χ2v) is 6.29. The van der Waals surface area contributed by atoms with E-state index in [9.17, 15) is 4.79 Å². The summed E-state index contributed by atoms with van der Waals surface area (Å²) in [6, 6.07) is 8.29. The van der Waals surface area contributed by atoms with Crippen LogP contribution in [0.1, 0.15) is 45.1 Å². The molecule has 0 radical (unpaired) electrons. The number of carbonyl (C=O) groups is 1. The third-order valence-corrected chi connectivity index (χ3v) is 4.85. The van der Waals surface area contributed by atoms with E-state index in [4.69, 9.17) is 4.74 Å². The van der Waals surface area contributed by atoms with Gasteiger partial charge in [-0.15, -0.1) is 0 Å². The van der Waals surface area contributed by atoms with Crippen molar-refractivity contribution < 1.29 is 9.53 Å². The first-order chi connectivity index (χ1) is 10.1. The lowest BCUT2D eigenvalue weighted by Gasteiger charge is -2.34. The lowest BCUT2D eigenvalue weighted by molar-refractivity contribution is -0.122. The fourth-order valence-corrected chi connectivity index (χ4v) is 3.11. The van der Waals surface area contributed by atoms with Crippen molar-refractivity contribution in [1.82, 2.24) is 5.32 Å². The Morgan fingerprint density at radius 3 is 2.62 bits per heavy atom. The summed E-state index contributed by atoms with van der Waals surface area (Å²) >= 11 is 0. The third kappa shape index (κ3) is 4.48. The van der Waals surface area contributed by atoms with Crippen molar-refractivity contribution in [3.05, 3.63) is 29.8 Å². The average molecular weight is 289 g/mol. The van der Waals surface area contributed by atoms with Crippen LogP contribution in [-0.4, -0.2) is 19.1 Å². The van der Waals surface area contributed by atoms with Crippen LogP contribution >= 0.6 is 0 Å². The summed E-state index contributed by atoms with van der Waals surface area (Å²) in [5.74, 6) is 2.33. The second kappa shape index (κ2) is 7.48. The zero-order chi connectivity index (χ0) is 15.2. The van der Waals surface area contributed by atoms with Gasteiger partial charge in [-0.3, -0.25) is 4.79 Å². The molecule has 1 N–H and O–H groups in total. The van der Waals surface area contributed by atoms with E-state index in [-0.39, 0.29) is 5.91 Å². The molecule has 0 saturated heterocycles. The summed E-state index contributed by atoms with van der Waals surface area (Å²) in [6.45, 7) is 4.55. The smallest absolute Gasteiger partial charge is 0.220 e. The Bertz CT molecular complexity index is 455. The Morgan fingerprint density at radius 1 is 1.24 bits per heavy atom. The topological polar surface area (TPSA) is 38.3 Å². The number of nitrogens with one attached hydrogen (secondary N) is 1. The van der Waals surface area contributed by atoms with Crippen LogP contribution in [-0.2, 0) is 11.2 Å². The van der Waals surface area contributed by atoms with Gasteiger partial charge in [0.2, 0.25) is 5.91 Å². The summed E-state index contributed by atoms with van der Waals surface area (Å²) in [4.78, 5) is 12.1. The highest BCUT2D eigenvalue weighted by molar-refractivity contribution is 5.76. The number of hydrogen-bond acceptors (Lipinski definition) is 2. The van der Waals surface area contributed by atoms with Crippen LogP contribution in [0.4, 0.5) is 0 Å². The number of hydrogen-bond donors (Lipinski definition) is 1. The van der Waals surface area contributed by atoms with E-state index in [2.05, 4.69) is 19.2 Å². The number of benzene rings is 1. The summed E-state index contributed by atoms with van der Waals surface area (Å²) in [5, 5.41) is 3.23. The van der Waals surface area contributed by atoms with Gasteiger partial charge < -0.3 is 10.1 Å². The standard InChI is InChI=1S/C18H27NO2/c1-13-5-4-6-17(14(13)2)19-18(20)12-9-15-7-10-16(21-3)11-8-15/h7-8,10-11,13-14,17H,4-6,9,12H2,1-3H3,(H,19,20). The fraction of sp³-hybridized carbons (Fsp3) is 0.611. The molecule has 3 nitrogen and oxygen atoms in total. The monoisotopic (exact) mass is 289 g/mol. The molecule has 1 aromatic carbocycles. The van der Waals surface area contributed by atoms with Crippen LogP contribution in [0.25, 0.3) is 0 Å². The van der Waals surface area contributed by atoms with Crippen LogP contribution in [0.2, 0.25) is 0 Å². The minimum Gasteiger partial charge on any atom is -0.497 e. The van der Waals surface area contributed by atoms with E-state index in [1.165, 1.54) is 18.4 Å². The maximum absolute atomic E-state index is 12.1. The van der Waals surface area contributed by atoms with Crippen molar-refractivity contribution in [2.24, 2.45) is 11.8 Å². The van der Waals surface area contributed by atoms with E-state index >= 15 is 0 Å². The minimum atomic E-state index is 0.178. The van der Waals surface area contributed by atoms with Crippen molar-refractivity contribution in [2.45, 2.75) is 52.0 Å². The maximum atomic E-state index is 12.1.